The van der Waals surface area contributed by atoms with Crippen LogP contribution in [0.2, 0.25) is 0 Å². The number of hydrogen-bond acceptors (Lipinski definition) is 6. The van der Waals surface area contributed by atoms with E-state index >= 15 is 0 Å². The Morgan fingerprint density at radius 1 is 1.12 bits per heavy atom. The number of benzene rings is 1. The largest absolute Gasteiger partial charge is 0.496 e. The number of rotatable bonds is 5. The monoisotopic (exact) mass is 354 g/mol. The van der Waals surface area contributed by atoms with Crippen molar-refractivity contribution in [2.24, 2.45) is 7.05 Å². The van der Waals surface area contributed by atoms with E-state index in [1.165, 1.54) is 4.68 Å². The molecule has 0 atom stereocenters. The Balaban J connectivity index is 2.30. The maximum Gasteiger partial charge on any atom is 0.275 e. The minimum absolute atomic E-state index is 0.181. The van der Waals surface area contributed by atoms with Crippen molar-refractivity contribution >= 4 is 10.8 Å². The molecule has 0 radical (unpaired) electrons. The van der Waals surface area contributed by atoms with Crippen LogP contribution < -0.4 is 15.0 Å². The minimum Gasteiger partial charge on any atom is -0.496 e. The van der Waals surface area contributed by atoms with Crippen molar-refractivity contribution in [2.75, 3.05) is 28.3 Å². The van der Waals surface area contributed by atoms with Crippen LogP contribution in [0.25, 0.3) is 22.0 Å². The van der Waals surface area contributed by atoms with E-state index < -0.39 is 0 Å². The van der Waals surface area contributed by atoms with Gasteiger partial charge in [0, 0.05) is 36.9 Å². The zero-order valence-electron chi connectivity index (χ0n) is 15.6. The van der Waals surface area contributed by atoms with Crippen LogP contribution in [0.1, 0.15) is 5.56 Å². The lowest BCUT2D eigenvalue weighted by Gasteiger charge is -2.18. The first-order valence-electron chi connectivity index (χ1n) is 8.17. The molecule has 0 aliphatic rings. The van der Waals surface area contributed by atoms with Gasteiger partial charge in [0.1, 0.15) is 11.5 Å². The number of methoxy groups -OCH3 is 2. The fraction of sp³-hybridized carbons (Fsp3) is 0.316. The first-order valence-corrected chi connectivity index (χ1v) is 8.17. The summed E-state index contributed by atoms with van der Waals surface area (Å²) in [6.45, 7) is 0.679. The molecule has 0 unspecified atom stereocenters. The lowest BCUT2D eigenvalue weighted by molar-refractivity contribution is 0.349. The van der Waals surface area contributed by atoms with Crippen molar-refractivity contribution < 1.29 is 9.47 Å². The zero-order chi connectivity index (χ0) is 18.8. The van der Waals surface area contributed by atoms with E-state index in [-0.39, 0.29) is 5.56 Å². The highest BCUT2D eigenvalue weighted by atomic mass is 16.5. The van der Waals surface area contributed by atoms with Crippen LogP contribution in [0.4, 0.5) is 0 Å². The second-order valence-electron chi connectivity index (χ2n) is 6.30. The van der Waals surface area contributed by atoms with Gasteiger partial charge >= 0.3 is 0 Å². The fourth-order valence-corrected chi connectivity index (χ4v) is 3.00. The molecule has 26 heavy (non-hydrogen) atoms. The summed E-state index contributed by atoms with van der Waals surface area (Å²) < 4.78 is 12.5. The van der Waals surface area contributed by atoms with Crippen LogP contribution in [0.15, 0.2) is 35.4 Å². The predicted octanol–water partition coefficient (Wildman–Crippen LogP) is 2.07. The fourth-order valence-electron chi connectivity index (χ4n) is 3.00. The van der Waals surface area contributed by atoms with Crippen molar-refractivity contribution in [3.63, 3.8) is 0 Å². The van der Waals surface area contributed by atoms with Gasteiger partial charge in [0.15, 0.2) is 0 Å². The summed E-state index contributed by atoms with van der Waals surface area (Å²) in [5.74, 6) is 1.43. The van der Waals surface area contributed by atoms with Gasteiger partial charge in [-0.3, -0.25) is 9.78 Å². The second-order valence-corrected chi connectivity index (χ2v) is 6.30. The summed E-state index contributed by atoms with van der Waals surface area (Å²) >= 11 is 0. The highest BCUT2D eigenvalue weighted by Crippen LogP contribution is 2.36. The molecule has 0 aliphatic carbocycles. The summed E-state index contributed by atoms with van der Waals surface area (Å²) in [6, 6.07) is 5.65. The SMILES string of the molecule is COc1cc(-c2nn(C)c(=O)c3cnccc23)cc(OC)c1CN(C)C. The molecule has 0 N–H and O–H groups in total. The van der Waals surface area contributed by atoms with Gasteiger partial charge in [0.2, 0.25) is 0 Å². The first kappa shape index (κ1) is 17.9. The third-order valence-corrected chi connectivity index (χ3v) is 4.21. The van der Waals surface area contributed by atoms with Crippen LogP contribution in [0.3, 0.4) is 0 Å². The van der Waals surface area contributed by atoms with Gasteiger partial charge in [-0.05, 0) is 32.3 Å². The van der Waals surface area contributed by atoms with Gasteiger partial charge in [-0.15, -0.1) is 0 Å². The lowest BCUT2D eigenvalue weighted by atomic mass is 10.0. The summed E-state index contributed by atoms with van der Waals surface area (Å²) in [7, 11) is 8.87. The van der Waals surface area contributed by atoms with Crippen LogP contribution in [0, 0.1) is 0 Å². The van der Waals surface area contributed by atoms with E-state index in [4.69, 9.17) is 9.47 Å². The minimum atomic E-state index is -0.181. The van der Waals surface area contributed by atoms with Gasteiger partial charge < -0.3 is 14.4 Å². The van der Waals surface area contributed by atoms with Crippen molar-refractivity contribution in [2.45, 2.75) is 6.54 Å². The van der Waals surface area contributed by atoms with E-state index in [2.05, 4.69) is 10.1 Å². The molecule has 0 saturated carbocycles. The molecule has 1 aromatic carbocycles. The number of nitrogens with zero attached hydrogens (tertiary/aromatic N) is 4. The summed E-state index contributed by atoms with van der Waals surface area (Å²) in [4.78, 5) is 18.5. The maximum absolute atomic E-state index is 12.3. The summed E-state index contributed by atoms with van der Waals surface area (Å²) in [6.07, 6.45) is 3.22. The van der Waals surface area contributed by atoms with Crippen molar-refractivity contribution in [1.29, 1.82) is 0 Å². The highest BCUT2D eigenvalue weighted by molar-refractivity contribution is 5.93. The Morgan fingerprint density at radius 2 is 1.77 bits per heavy atom. The van der Waals surface area contributed by atoms with Crippen molar-refractivity contribution in [3.05, 3.63) is 46.5 Å². The molecule has 7 heteroatoms. The van der Waals surface area contributed by atoms with E-state index in [9.17, 15) is 4.79 Å². The number of hydrogen-bond donors (Lipinski definition) is 0. The van der Waals surface area contributed by atoms with E-state index in [1.54, 1.807) is 39.7 Å². The van der Waals surface area contributed by atoms with Gasteiger partial charge in [-0.25, -0.2) is 4.68 Å². The van der Waals surface area contributed by atoms with E-state index in [1.807, 2.05) is 31.1 Å². The molecule has 0 spiro atoms. The van der Waals surface area contributed by atoms with Crippen LogP contribution in [0.5, 0.6) is 11.5 Å². The Kier molecular flexibility index (Phi) is 4.90. The number of aromatic nitrogens is 3. The average molecular weight is 354 g/mol. The topological polar surface area (TPSA) is 69.5 Å². The molecule has 0 saturated heterocycles. The van der Waals surface area contributed by atoms with Gasteiger partial charge in [-0.1, -0.05) is 0 Å². The van der Waals surface area contributed by atoms with E-state index in [0.29, 0.717) is 29.1 Å². The number of aryl methyl sites for hydroxylation is 1. The Hall–Kier alpha value is -2.93. The van der Waals surface area contributed by atoms with Crippen LogP contribution in [-0.4, -0.2) is 48.0 Å². The number of ether oxygens (including phenoxy) is 2. The third-order valence-electron chi connectivity index (χ3n) is 4.21. The molecule has 3 rings (SSSR count). The maximum atomic E-state index is 12.3. The van der Waals surface area contributed by atoms with Crippen molar-refractivity contribution in [3.8, 4) is 22.8 Å². The van der Waals surface area contributed by atoms with Gasteiger partial charge in [0.25, 0.3) is 5.56 Å². The molecule has 0 aliphatic heterocycles. The Morgan fingerprint density at radius 3 is 2.35 bits per heavy atom. The normalized spacial score (nSPS) is 11.2. The second kappa shape index (κ2) is 7.13. The number of fused-ring (bicyclic) bond motifs is 1. The highest BCUT2D eigenvalue weighted by Gasteiger charge is 2.17. The summed E-state index contributed by atoms with van der Waals surface area (Å²) in [5.41, 5.74) is 2.27. The standard InChI is InChI=1S/C19H22N4O3/c1-22(2)11-15-16(25-4)8-12(9-17(15)26-5)18-13-6-7-20-10-14(13)19(24)23(3)21-18/h6-10H,11H2,1-5H3. The average Bonchev–Trinajstić information content (AvgIpc) is 2.64. The van der Waals surface area contributed by atoms with Crippen LogP contribution >= 0.6 is 0 Å². The molecular formula is C19H22N4O3. The van der Waals surface area contributed by atoms with Crippen LogP contribution in [-0.2, 0) is 13.6 Å². The molecule has 2 aromatic heterocycles. The molecule has 0 fully saturated rings. The number of pyridine rings is 1. The van der Waals surface area contributed by atoms with Gasteiger partial charge in [-0.2, -0.15) is 5.10 Å². The summed E-state index contributed by atoms with van der Waals surface area (Å²) in [5, 5.41) is 5.73. The third kappa shape index (κ3) is 3.13. The van der Waals surface area contributed by atoms with Crippen molar-refractivity contribution in [1.82, 2.24) is 19.7 Å². The molecule has 136 valence electrons. The van der Waals surface area contributed by atoms with E-state index in [0.717, 1.165) is 16.5 Å². The molecule has 7 nitrogen and oxygen atoms in total. The smallest absolute Gasteiger partial charge is 0.275 e. The molecule has 3 aromatic rings. The predicted molar refractivity (Wildman–Crippen MR) is 101 cm³/mol. The van der Waals surface area contributed by atoms with Gasteiger partial charge in [0.05, 0.1) is 30.9 Å². The Bertz CT molecular complexity index is 986. The molecule has 0 bridgehead atoms. The quantitative estimate of drug-likeness (QED) is 0.699. The molecule has 2 heterocycles. The first-order chi connectivity index (χ1) is 12.5. The molecular weight excluding hydrogens is 332 g/mol. The zero-order valence-corrected chi connectivity index (χ0v) is 15.6. The Labute approximate surface area is 151 Å². The molecule has 0 amide bonds. The lowest BCUT2D eigenvalue weighted by Crippen LogP contribution is -2.20.